The lowest BCUT2D eigenvalue weighted by Gasteiger charge is -2.15. The van der Waals surface area contributed by atoms with Crippen LogP contribution in [-0.2, 0) is 11.3 Å². The Kier molecular flexibility index (Phi) is 7.17. The fourth-order valence-corrected chi connectivity index (χ4v) is 2.77. The van der Waals surface area contributed by atoms with Crippen LogP contribution in [0.1, 0.15) is 22.8 Å². The number of carbonyl (C=O) groups excluding carboxylic acids is 1. The molecule has 0 aliphatic carbocycles. The van der Waals surface area contributed by atoms with E-state index in [-0.39, 0.29) is 17.2 Å². The third-order valence-corrected chi connectivity index (χ3v) is 3.88. The van der Waals surface area contributed by atoms with Gasteiger partial charge in [-0.15, -0.1) is 6.42 Å². The predicted molar refractivity (Wildman–Crippen MR) is 100 cm³/mol. The summed E-state index contributed by atoms with van der Waals surface area (Å²) in [6.45, 7) is 2.42. The number of esters is 1. The molecule has 0 spiro atoms. The van der Waals surface area contributed by atoms with E-state index < -0.39 is 5.97 Å². The van der Waals surface area contributed by atoms with Crippen molar-refractivity contribution in [3.63, 3.8) is 0 Å². The van der Waals surface area contributed by atoms with Crippen molar-refractivity contribution >= 4 is 33.5 Å². The first kappa shape index (κ1) is 19.2. The second-order valence-corrected chi connectivity index (χ2v) is 6.24. The lowest BCUT2D eigenvalue weighted by atomic mass is 10.2. The highest BCUT2D eigenvalue weighted by Gasteiger charge is 2.17. The third-order valence-electron chi connectivity index (χ3n) is 3.10. The molecule has 0 unspecified atom stereocenters. The van der Waals surface area contributed by atoms with E-state index in [1.165, 1.54) is 12.1 Å². The molecule has 2 aromatic rings. The maximum absolute atomic E-state index is 12.0. The summed E-state index contributed by atoms with van der Waals surface area (Å²) in [6, 6.07) is 10.7. The van der Waals surface area contributed by atoms with Gasteiger partial charge in [0.05, 0.1) is 17.2 Å². The quantitative estimate of drug-likeness (QED) is 0.471. The first-order chi connectivity index (χ1) is 12.0. The lowest BCUT2D eigenvalue weighted by molar-refractivity contribution is 0.0556. The molecule has 4 nitrogen and oxygen atoms in total. The average molecular weight is 424 g/mol. The largest absolute Gasteiger partial charge is 0.490 e. The van der Waals surface area contributed by atoms with Crippen molar-refractivity contribution in [3.8, 4) is 23.8 Å². The number of carbonyl (C=O) groups is 1. The van der Waals surface area contributed by atoms with Crippen LogP contribution in [-0.4, -0.2) is 19.2 Å². The average Bonchev–Trinajstić information content (AvgIpc) is 2.59. The van der Waals surface area contributed by atoms with Gasteiger partial charge in [0, 0.05) is 4.47 Å². The number of benzene rings is 2. The van der Waals surface area contributed by atoms with E-state index in [4.69, 9.17) is 32.2 Å². The highest BCUT2D eigenvalue weighted by molar-refractivity contribution is 9.10. The van der Waals surface area contributed by atoms with Crippen molar-refractivity contribution in [1.82, 2.24) is 0 Å². The van der Waals surface area contributed by atoms with Gasteiger partial charge in [-0.1, -0.05) is 45.6 Å². The number of ether oxygens (including phenoxy) is 3. The molecule has 0 aromatic heterocycles. The van der Waals surface area contributed by atoms with Crippen molar-refractivity contribution in [2.24, 2.45) is 0 Å². The molecular weight excluding hydrogens is 408 g/mol. The number of rotatable bonds is 7. The van der Waals surface area contributed by atoms with Gasteiger partial charge in [-0.3, -0.25) is 0 Å². The van der Waals surface area contributed by atoms with Gasteiger partial charge in [0.2, 0.25) is 0 Å². The van der Waals surface area contributed by atoms with E-state index in [9.17, 15) is 4.79 Å². The summed E-state index contributed by atoms with van der Waals surface area (Å²) in [5.41, 5.74) is 1.21. The lowest BCUT2D eigenvalue weighted by Crippen LogP contribution is -2.07. The minimum atomic E-state index is -0.570. The molecule has 0 saturated heterocycles. The molecule has 0 heterocycles. The van der Waals surface area contributed by atoms with Crippen LogP contribution in [0.2, 0.25) is 5.02 Å². The van der Waals surface area contributed by atoms with Gasteiger partial charge >= 0.3 is 5.97 Å². The SMILES string of the molecule is C#CCOC(=O)c1cc(Cl)c(OCc2cccc(Br)c2)c(OCC)c1. The zero-order valence-corrected chi connectivity index (χ0v) is 15.9. The summed E-state index contributed by atoms with van der Waals surface area (Å²) in [6.07, 6.45) is 5.09. The molecule has 0 N–H and O–H groups in total. The van der Waals surface area contributed by atoms with Crippen LogP contribution in [0.25, 0.3) is 0 Å². The summed E-state index contributed by atoms with van der Waals surface area (Å²) in [5, 5.41) is 0.258. The Morgan fingerprint density at radius 3 is 2.76 bits per heavy atom. The van der Waals surface area contributed by atoms with E-state index in [0.717, 1.165) is 10.0 Å². The van der Waals surface area contributed by atoms with Gasteiger partial charge in [0.1, 0.15) is 6.61 Å². The molecule has 2 aromatic carbocycles. The van der Waals surface area contributed by atoms with E-state index in [2.05, 4.69) is 21.9 Å². The first-order valence-electron chi connectivity index (χ1n) is 7.49. The summed E-state index contributed by atoms with van der Waals surface area (Å²) >= 11 is 9.70. The molecule has 0 atom stereocenters. The van der Waals surface area contributed by atoms with Crippen molar-refractivity contribution in [3.05, 3.63) is 57.0 Å². The molecule has 130 valence electrons. The highest BCUT2D eigenvalue weighted by Crippen LogP contribution is 2.37. The fraction of sp³-hybridized carbons (Fsp3) is 0.211. The van der Waals surface area contributed by atoms with Crippen molar-refractivity contribution in [2.75, 3.05) is 13.2 Å². The standard InChI is InChI=1S/C19H16BrClO4/c1-3-8-24-19(22)14-10-16(21)18(17(11-14)23-4-2)25-12-13-6-5-7-15(20)9-13/h1,5-7,9-11H,4,8,12H2,2H3. The number of hydrogen-bond donors (Lipinski definition) is 0. The van der Waals surface area contributed by atoms with E-state index >= 15 is 0 Å². The van der Waals surface area contributed by atoms with Crippen LogP contribution in [0.15, 0.2) is 40.9 Å². The van der Waals surface area contributed by atoms with Crippen LogP contribution in [0.3, 0.4) is 0 Å². The molecule has 2 rings (SSSR count). The Bertz CT molecular complexity index is 798. The molecule has 0 saturated carbocycles. The molecule has 0 bridgehead atoms. The molecule has 0 aliphatic heterocycles. The summed E-state index contributed by atoms with van der Waals surface area (Å²) in [5.74, 6) is 2.42. The summed E-state index contributed by atoms with van der Waals surface area (Å²) < 4.78 is 17.2. The van der Waals surface area contributed by atoms with Crippen LogP contribution in [0.4, 0.5) is 0 Å². The Hall–Kier alpha value is -2.16. The minimum Gasteiger partial charge on any atom is -0.490 e. The number of halogens is 2. The maximum Gasteiger partial charge on any atom is 0.339 e. The number of terminal acetylenes is 1. The summed E-state index contributed by atoms with van der Waals surface area (Å²) in [7, 11) is 0. The Morgan fingerprint density at radius 2 is 2.08 bits per heavy atom. The minimum absolute atomic E-state index is 0.110. The second kappa shape index (κ2) is 9.36. The topological polar surface area (TPSA) is 44.8 Å². The molecule has 25 heavy (non-hydrogen) atoms. The highest BCUT2D eigenvalue weighted by atomic mass is 79.9. The smallest absolute Gasteiger partial charge is 0.339 e. The van der Waals surface area contributed by atoms with Crippen molar-refractivity contribution in [2.45, 2.75) is 13.5 Å². The monoisotopic (exact) mass is 422 g/mol. The van der Waals surface area contributed by atoms with Gasteiger partial charge in [-0.25, -0.2) is 4.79 Å². The number of hydrogen-bond acceptors (Lipinski definition) is 4. The Labute approximate surface area is 160 Å². The van der Waals surface area contributed by atoms with E-state index in [1.807, 2.05) is 31.2 Å². The van der Waals surface area contributed by atoms with Gasteiger partial charge in [0.25, 0.3) is 0 Å². The zero-order chi connectivity index (χ0) is 18.2. The van der Waals surface area contributed by atoms with Gasteiger partial charge in [-0.2, -0.15) is 0 Å². The van der Waals surface area contributed by atoms with Crippen molar-refractivity contribution in [1.29, 1.82) is 0 Å². The van der Waals surface area contributed by atoms with Gasteiger partial charge < -0.3 is 14.2 Å². The molecule has 0 fully saturated rings. The molecule has 0 amide bonds. The Morgan fingerprint density at radius 1 is 1.28 bits per heavy atom. The first-order valence-corrected chi connectivity index (χ1v) is 8.66. The van der Waals surface area contributed by atoms with Crippen LogP contribution in [0, 0.1) is 12.3 Å². The van der Waals surface area contributed by atoms with Gasteiger partial charge in [0.15, 0.2) is 18.1 Å². The molecule has 6 heteroatoms. The Balaban J connectivity index is 2.24. The molecule has 0 radical (unpaired) electrons. The van der Waals surface area contributed by atoms with Gasteiger partial charge in [-0.05, 0) is 36.8 Å². The normalized spacial score (nSPS) is 10.0. The fourth-order valence-electron chi connectivity index (χ4n) is 2.06. The van der Waals surface area contributed by atoms with Crippen LogP contribution < -0.4 is 9.47 Å². The van der Waals surface area contributed by atoms with Crippen LogP contribution in [0.5, 0.6) is 11.5 Å². The zero-order valence-electron chi connectivity index (χ0n) is 13.6. The summed E-state index contributed by atoms with van der Waals surface area (Å²) in [4.78, 5) is 12.0. The third kappa shape index (κ3) is 5.42. The molecule has 0 aliphatic rings. The maximum atomic E-state index is 12.0. The van der Waals surface area contributed by atoms with Crippen LogP contribution >= 0.6 is 27.5 Å². The van der Waals surface area contributed by atoms with E-state index in [1.54, 1.807) is 0 Å². The predicted octanol–water partition coefficient (Wildman–Crippen LogP) is 4.87. The molecular formula is C19H16BrClO4. The van der Waals surface area contributed by atoms with Crippen molar-refractivity contribution < 1.29 is 19.0 Å². The second-order valence-electron chi connectivity index (χ2n) is 4.92. The van der Waals surface area contributed by atoms with E-state index in [0.29, 0.717) is 24.7 Å².